The smallest absolute Gasteiger partial charge is 0.0788 e. The Kier molecular flexibility index (Phi) is 9.84. The van der Waals surface area contributed by atoms with Gasteiger partial charge in [-0.15, -0.1) is 0 Å². The third-order valence-corrected chi connectivity index (χ3v) is 5.01. The average Bonchev–Trinajstić information content (AvgIpc) is 2.17. The molecule has 0 saturated carbocycles. The van der Waals surface area contributed by atoms with Gasteiger partial charge in [0, 0.05) is 24.3 Å². The Labute approximate surface area is 124 Å². The first-order valence-corrected chi connectivity index (χ1v) is 9.28. The highest BCUT2D eigenvalue weighted by Crippen LogP contribution is 2.10. The number of quaternary nitrogens is 2. The zero-order valence-electron chi connectivity index (χ0n) is 13.4. The molecule has 0 saturated heterocycles. The van der Waals surface area contributed by atoms with Gasteiger partial charge in [-0.1, -0.05) is 0 Å². The molecule has 4 heteroatoms. The quantitative estimate of drug-likeness (QED) is 0.424. The van der Waals surface area contributed by atoms with Gasteiger partial charge in [-0.3, -0.25) is 0 Å². The van der Waals surface area contributed by atoms with Gasteiger partial charge < -0.3 is 8.97 Å². The van der Waals surface area contributed by atoms with Gasteiger partial charge >= 0.3 is 0 Å². The van der Waals surface area contributed by atoms with Crippen molar-refractivity contribution in [2.45, 2.75) is 12.8 Å². The predicted octanol–water partition coefficient (Wildman–Crippen LogP) is 2.65. The van der Waals surface area contributed by atoms with Crippen molar-refractivity contribution in [1.29, 1.82) is 0 Å². The monoisotopic (exact) mass is 294 g/mol. The van der Waals surface area contributed by atoms with Gasteiger partial charge in [0.05, 0.1) is 55.4 Å². The topological polar surface area (TPSA) is 0 Å². The fraction of sp³-hybridized carbons (Fsp3) is 1.00. The molecule has 0 aromatic rings. The average molecular weight is 295 g/mol. The first kappa shape index (κ1) is 18.6. The minimum Gasteiger partial charge on any atom is -0.331 e. The van der Waals surface area contributed by atoms with Crippen LogP contribution in [0.2, 0.25) is 0 Å². The van der Waals surface area contributed by atoms with Crippen molar-refractivity contribution in [3.63, 3.8) is 0 Å². The molecule has 0 aromatic heterocycles. The Balaban J connectivity index is 3.13. The molecule has 0 radical (unpaired) electrons. The lowest BCUT2D eigenvalue weighted by molar-refractivity contribution is -0.870. The standard InChI is InChI=1S/C14H34N2S2/c1-15(2,3)9-7-11-17-13-14-18-12-8-10-16(4,5)6/h7-14H2,1-6H3/q+2. The first-order valence-electron chi connectivity index (χ1n) is 6.97. The largest absolute Gasteiger partial charge is 0.331 e. The molecular formula is C14H34N2S2+2. The summed E-state index contributed by atoms with van der Waals surface area (Å²) in [5.74, 6) is 5.31. The summed E-state index contributed by atoms with van der Waals surface area (Å²) in [4.78, 5) is 0. The maximum atomic E-state index is 2.27. The van der Waals surface area contributed by atoms with E-state index in [1.807, 2.05) is 0 Å². The van der Waals surface area contributed by atoms with Crippen molar-refractivity contribution >= 4 is 23.5 Å². The summed E-state index contributed by atoms with van der Waals surface area (Å²) in [6, 6.07) is 0. The van der Waals surface area contributed by atoms with E-state index in [1.165, 1.54) is 48.9 Å². The molecular weight excluding hydrogens is 260 g/mol. The first-order chi connectivity index (χ1) is 8.21. The van der Waals surface area contributed by atoms with Gasteiger partial charge in [0.2, 0.25) is 0 Å². The third kappa shape index (κ3) is 16.6. The van der Waals surface area contributed by atoms with E-state index in [-0.39, 0.29) is 0 Å². The molecule has 2 nitrogen and oxygen atoms in total. The molecule has 0 aliphatic carbocycles. The van der Waals surface area contributed by atoms with Crippen molar-refractivity contribution in [2.24, 2.45) is 0 Å². The van der Waals surface area contributed by atoms with Crippen LogP contribution in [0.25, 0.3) is 0 Å². The van der Waals surface area contributed by atoms with Gasteiger partial charge in [0.15, 0.2) is 0 Å². The molecule has 0 heterocycles. The van der Waals surface area contributed by atoms with Gasteiger partial charge in [0.1, 0.15) is 0 Å². The van der Waals surface area contributed by atoms with Crippen molar-refractivity contribution in [3.8, 4) is 0 Å². The molecule has 0 aliphatic rings. The molecule has 0 fully saturated rings. The summed E-state index contributed by atoms with van der Waals surface area (Å²) in [5, 5.41) is 0. The van der Waals surface area contributed by atoms with Crippen LogP contribution in [0, 0.1) is 0 Å². The Morgan fingerprint density at radius 3 is 1.17 bits per heavy atom. The maximum Gasteiger partial charge on any atom is 0.0788 e. The molecule has 18 heavy (non-hydrogen) atoms. The highest BCUT2D eigenvalue weighted by atomic mass is 32.2. The fourth-order valence-electron chi connectivity index (χ4n) is 1.60. The van der Waals surface area contributed by atoms with E-state index in [4.69, 9.17) is 0 Å². The Hall–Kier alpha value is 0.620. The van der Waals surface area contributed by atoms with Crippen LogP contribution in [0.1, 0.15) is 12.8 Å². The number of nitrogens with zero attached hydrogens (tertiary/aromatic N) is 2. The van der Waals surface area contributed by atoms with E-state index in [0.717, 1.165) is 8.97 Å². The van der Waals surface area contributed by atoms with Crippen LogP contribution in [-0.4, -0.2) is 87.4 Å². The summed E-state index contributed by atoms with van der Waals surface area (Å²) in [7, 11) is 13.6. The molecule has 0 aliphatic heterocycles. The molecule has 110 valence electrons. The molecule has 0 N–H and O–H groups in total. The van der Waals surface area contributed by atoms with Crippen LogP contribution in [-0.2, 0) is 0 Å². The normalized spacial score (nSPS) is 13.0. The zero-order valence-corrected chi connectivity index (χ0v) is 15.0. The minimum atomic E-state index is 1.10. The lowest BCUT2D eigenvalue weighted by Crippen LogP contribution is -2.35. The number of thioether (sulfide) groups is 2. The lowest BCUT2D eigenvalue weighted by atomic mass is 10.4. The van der Waals surface area contributed by atoms with Crippen LogP contribution >= 0.6 is 23.5 Å². The van der Waals surface area contributed by atoms with Gasteiger partial charge in [-0.05, 0) is 11.5 Å². The molecule has 0 spiro atoms. The molecule has 0 aromatic carbocycles. The Morgan fingerprint density at radius 2 is 0.889 bits per heavy atom. The van der Waals surface area contributed by atoms with E-state index in [0.29, 0.717) is 0 Å². The number of rotatable bonds is 11. The number of hydrogen-bond acceptors (Lipinski definition) is 2. The highest BCUT2D eigenvalue weighted by molar-refractivity contribution is 8.02. The SMILES string of the molecule is C[N+](C)(C)CCCSCCSCCC[N+](C)(C)C. The van der Waals surface area contributed by atoms with E-state index >= 15 is 0 Å². The van der Waals surface area contributed by atoms with Crippen molar-refractivity contribution in [1.82, 2.24) is 0 Å². The zero-order chi connectivity index (χ0) is 14.1. The third-order valence-electron chi connectivity index (χ3n) is 2.61. The highest BCUT2D eigenvalue weighted by Gasteiger charge is 2.06. The van der Waals surface area contributed by atoms with E-state index in [1.54, 1.807) is 0 Å². The maximum absolute atomic E-state index is 2.27. The fourth-order valence-corrected chi connectivity index (χ4v) is 3.62. The Bertz CT molecular complexity index is 173. The second-order valence-electron chi connectivity index (χ2n) is 6.96. The molecule has 0 amide bonds. The molecule has 0 unspecified atom stereocenters. The van der Waals surface area contributed by atoms with Crippen LogP contribution in [0.3, 0.4) is 0 Å². The van der Waals surface area contributed by atoms with E-state index in [9.17, 15) is 0 Å². The van der Waals surface area contributed by atoms with Crippen molar-refractivity contribution in [3.05, 3.63) is 0 Å². The van der Waals surface area contributed by atoms with Crippen LogP contribution in [0.4, 0.5) is 0 Å². The number of hydrogen-bond donors (Lipinski definition) is 0. The van der Waals surface area contributed by atoms with Crippen molar-refractivity contribution in [2.75, 3.05) is 78.4 Å². The van der Waals surface area contributed by atoms with Crippen LogP contribution in [0.15, 0.2) is 0 Å². The van der Waals surface area contributed by atoms with Gasteiger partial charge in [0.25, 0.3) is 0 Å². The molecule has 0 atom stereocenters. The Morgan fingerprint density at radius 1 is 0.556 bits per heavy atom. The minimum absolute atomic E-state index is 1.10. The summed E-state index contributed by atoms with van der Waals surface area (Å²) in [5.41, 5.74) is 0. The molecule has 0 rings (SSSR count). The lowest BCUT2D eigenvalue weighted by Gasteiger charge is -2.23. The van der Waals surface area contributed by atoms with Crippen LogP contribution in [0.5, 0.6) is 0 Å². The second kappa shape index (κ2) is 9.51. The van der Waals surface area contributed by atoms with Gasteiger partial charge in [-0.25, -0.2) is 0 Å². The molecule has 0 bridgehead atoms. The van der Waals surface area contributed by atoms with E-state index in [2.05, 4.69) is 65.8 Å². The summed E-state index contributed by atoms with van der Waals surface area (Å²) in [6.45, 7) is 2.59. The van der Waals surface area contributed by atoms with Gasteiger partial charge in [-0.2, -0.15) is 23.5 Å². The van der Waals surface area contributed by atoms with E-state index < -0.39 is 0 Å². The summed E-state index contributed by atoms with van der Waals surface area (Å²) >= 11 is 4.25. The van der Waals surface area contributed by atoms with Crippen LogP contribution < -0.4 is 0 Å². The van der Waals surface area contributed by atoms with Crippen molar-refractivity contribution < 1.29 is 8.97 Å². The predicted molar refractivity (Wildman–Crippen MR) is 89.7 cm³/mol. The second-order valence-corrected chi connectivity index (χ2v) is 9.41. The summed E-state index contributed by atoms with van der Waals surface area (Å²) in [6.07, 6.45) is 2.70. The summed E-state index contributed by atoms with van der Waals surface area (Å²) < 4.78 is 2.20.